The van der Waals surface area contributed by atoms with Crippen LogP contribution in [0.4, 0.5) is 24.7 Å². The number of aliphatic hydroxyl groups excluding tert-OH is 1. The number of rotatable bonds is 6. The predicted molar refractivity (Wildman–Crippen MR) is 125 cm³/mol. The largest absolute Gasteiger partial charge is 0.417 e. The molecular weight excluding hydrogens is 485 g/mol. The lowest BCUT2D eigenvalue weighted by atomic mass is 9.92. The van der Waals surface area contributed by atoms with Gasteiger partial charge in [-0.25, -0.2) is 13.4 Å². The van der Waals surface area contributed by atoms with Crippen molar-refractivity contribution < 1.29 is 31.8 Å². The minimum atomic E-state index is -4.44. The van der Waals surface area contributed by atoms with E-state index in [2.05, 4.69) is 10.3 Å². The van der Waals surface area contributed by atoms with Crippen molar-refractivity contribution in [1.82, 2.24) is 9.29 Å². The molecule has 1 aromatic carbocycles. The molecule has 4 rings (SSSR count). The van der Waals surface area contributed by atoms with Crippen LogP contribution >= 0.6 is 0 Å². The Morgan fingerprint density at radius 2 is 1.66 bits per heavy atom. The average Bonchev–Trinajstić information content (AvgIpc) is 2.85. The SMILES string of the molecule is O=S(=O)(c1ccc(N2CCC(O)(CO)CC2)cc1)N1CCC(Nc2ccc(C(F)(F)F)cn2)CC1. The highest BCUT2D eigenvalue weighted by Crippen LogP contribution is 2.30. The molecule has 0 radical (unpaired) electrons. The number of nitrogens with zero attached hydrogens (tertiary/aromatic N) is 3. The zero-order valence-electron chi connectivity index (χ0n) is 19.1. The maximum Gasteiger partial charge on any atom is 0.417 e. The zero-order valence-corrected chi connectivity index (χ0v) is 19.9. The molecule has 3 heterocycles. The number of hydrogen-bond donors (Lipinski definition) is 3. The number of nitrogens with one attached hydrogen (secondary N) is 1. The average molecular weight is 515 g/mol. The Kier molecular flexibility index (Phi) is 7.28. The van der Waals surface area contributed by atoms with Gasteiger partial charge in [0, 0.05) is 44.1 Å². The number of anilines is 2. The van der Waals surface area contributed by atoms with Crippen LogP contribution in [-0.4, -0.2) is 72.3 Å². The first-order valence-electron chi connectivity index (χ1n) is 11.5. The van der Waals surface area contributed by atoms with E-state index in [0.29, 0.717) is 44.6 Å². The van der Waals surface area contributed by atoms with Crippen molar-refractivity contribution in [3.8, 4) is 0 Å². The summed E-state index contributed by atoms with van der Waals surface area (Å²) in [6, 6.07) is 8.81. The van der Waals surface area contributed by atoms with Crippen molar-refractivity contribution in [2.75, 3.05) is 43.0 Å². The maximum atomic E-state index is 13.1. The van der Waals surface area contributed by atoms with Crippen LogP contribution in [0.25, 0.3) is 0 Å². The van der Waals surface area contributed by atoms with Gasteiger partial charge in [-0.15, -0.1) is 0 Å². The number of aromatic nitrogens is 1. The van der Waals surface area contributed by atoms with E-state index in [1.165, 1.54) is 10.4 Å². The van der Waals surface area contributed by atoms with E-state index in [1.807, 2.05) is 4.90 Å². The standard InChI is InChI=1S/C23H29F3N4O4S/c24-23(25,26)17-1-6-21(27-15-17)28-18-7-11-30(12-8-18)35(33,34)20-4-2-19(3-5-20)29-13-9-22(32,16-31)10-14-29/h1-6,15,18,31-32H,7-14,16H2,(H,27,28). The Balaban J connectivity index is 1.32. The second-order valence-electron chi connectivity index (χ2n) is 9.12. The van der Waals surface area contributed by atoms with E-state index in [4.69, 9.17) is 0 Å². The third kappa shape index (κ3) is 5.88. The van der Waals surface area contributed by atoms with Crippen molar-refractivity contribution in [2.45, 2.75) is 48.4 Å². The fraction of sp³-hybridized carbons (Fsp3) is 0.522. The van der Waals surface area contributed by atoms with E-state index >= 15 is 0 Å². The minimum Gasteiger partial charge on any atom is -0.393 e. The van der Waals surface area contributed by atoms with E-state index in [9.17, 15) is 31.8 Å². The lowest BCUT2D eigenvalue weighted by Gasteiger charge is -2.38. The smallest absolute Gasteiger partial charge is 0.393 e. The van der Waals surface area contributed by atoms with Crippen LogP contribution in [0.15, 0.2) is 47.5 Å². The van der Waals surface area contributed by atoms with Crippen LogP contribution < -0.4 is 10.2 Å². The van der Waals surface area contributed by atoms with Gasteiger partial charge >= 0.3 is 6.18 Å². The van der Waals surface area contributed by atoms with Gasteiger partial charge < -0.3 is 20.4 Å². The Morgan fingerprint density at radius 3 is 2.17 bits per heavy atom. The van der Waals surface area contributed by atoms with Crippen LogP contribution in [0.2, 0.25) is 0 Å². The van der Waals surface area contributed by atoms with Crippen LogP contribution in [0.5, 0.6) is 0 Å². The molecule has 0 amide bonds. The molecule has 8 nitrogen and oxygen atoms in total. The highest BCUT2D eigenvalue weighted by molar-refractivity contribution is 7.89. The molecule has 0 spiro atoms. The van der Waals surface area contributed by atoms with Gasteiger partial charge in [-0.05, 0) is 62.1 Å². The Morgan fingerprint density at radius 1 is 1.03 bits per heavy atom. The fourth-order valence-corrected chi connectivity index (χ4v) is 5.88. The van der Waals surface area contributed by atoms with Gasteiger partial charge in [0.15, 0.2) is 0 Å². The van der Waals surface area contributed by atoms with Crippen molar-refractivity contribution in [2.24, 2.45) is 0 Å². The number of hydrogen-bond acceptors (Lipinski definition) is 7. The third-order valence-corrected chi connectivity index (χ3v) is 8.64. The zero-order chi connectivity index (χ0) is 25.3. The molecule has 1 aromatic heterocycles. The molecule has 0 aliphatic carbocycles. The molecule has 0 unspecified atom stereocenters. The summed E-state index contributed by atoms with van der Waals surface area (Å²) in [7, 11) is -3.68. The van der Waals surface area contributed by atoms with Gasteiger partial charge in [0.2, 0.25) is 10.0 Å². The lowest BCUT2D eigenvalue weighted by Crippen LogP contribution is -2.46. The molecule has 0 atom stereocenters. The summed E-state index contributed by atoms with van der Waals surface area (Å²) >= 11 is 0. The monoisotopic (exact) mass is 514 g/mol. The van der Waals surface area contributed by atoms with Gasteiger partial charge in [0.05, 0.1) is 22.7 Å². The Labute approximate surface area is 202 Å². The van der Waals surface area contributed by atoms with E-state index < -0.39 is 27.4 Å². The maximum absolute atomic E-state index is 13.1. The van der Waals surface area contributed by atoms with Crippen LogP contribution in [0, 0.1) is 0 Å². The summed E-state index contributed by atoms with van der Waals surface area (Å²) in [5.41, 5.74) is -1.01. The van der Waals surface area contributed by atoms with E-state index in [1.54, 1.807) is 24.3 Å². The van der Waals surface area contributed by atoms with Crippen molar-refractivity contribution in [3.63, 3.8) is 0 Å². The molecule has 0 saturated carbocycles. The minimum absolute atomic E-state index is 0.0928. The number of halogens is 3. The molecule has 3 N–H and O–H groups in total. The van der Waals surface area contributed by atoms with Crippen LogP contribution in [0.3, 0.4) is 0 Å². The predicted octanol–water partition coefficient (Wildman–Crippen LogP) is 2.69. The number of pyridine rings is 1. The summed E-state index contributed by atoms with van der Waals surface area (Å²) in [5, 5.41) is 22.6. The first-order valence-corrected chi connectivity index (χ1v) is 12.9. The van der Waals surface area contributed by atoms with Crippen molar-refractivity contribution in [3.05, 3.63) is 48.2 Å². The molecule has 2 fully saturated rings. The first kappa shape index (κ1) is 25.7. The third-order valence-electron chi connectivity index (χ3n) is 6.72. The van der Waals surface area contributed by atoms with Gasteiger partial charge in [-0.1, -0.05) is 0 Å². The van der Waals surface area contributed by atoms with Crippen molar-refractivity contribution >= 4 is 21.5 Å². The number of sulfonamides is 1. The second kappa shape index (κ2) is 9.92. The van der Waals surface area contributed by atoms with Gasteiger partial charge in [0.1, 0.15) is 5.82 Å². The molecule has 0 bridgehead atoms. The summed E-state index contributed by atoms with van der Waals surface area (Å²) in [5.74, 6) is 0.324. The summed E-state index contributed by atoms with van der Waals surface area (Å²) in [4.78, 5) is 6.06. The number of alkyl halides is 3. The molecule has 12 heteroatoms. The normalized spacial score (nSPS) is 20.1. The first-order chi connectivity index (χ1) is 16.5. The molecule has 2 aromatic rings. The van der Waals surface area contributed by atoms with E-state index in [-0.39, 0.29) is 30.6 Å². The molecule has 35 heavy (non-hydrogen) atoms. The molecule has 2 aliphatic rings. The van der Waals surface area contributed by atoms with Gasteiger partial charge in [-0.2, -0.15) is 17.5 Å². The molecule has 2 saturated heterocycles. The van der Waals surface area contributed by atoms with Crippen LogP contribution in [-0.2, 0) is 16.2 Å². The highest BCUT2D eigenvalue weighted by Gasteiger charge is 2.33. The van der Waals surface area contributed by atoms with Crippen molar-refractivity contribution in [1.29, 1.82) is 0 Å². The quantitative estimate of drug-likeness (QED) is 0.544. The topological polar surface area (TPSA) is 106 Å². The van der Waals surface area contributed by atoms with Gasteiger partial charge in [-0.3, -0.25) is 0 Å². The van der Waals surface area contributed by atoms with E-state index in [0.717, 1.165) is 18.0 Å². The Hall–Kier alpha value is -2.41. The highest BCUT2D eigenvalue weighted by atomic mass is 32.2. The number of aliphatic hydroxyl groups is 2. The molecule has 192 valence electrons. The lowest BCUT2D eigenvalue weighted by molar-refractivity contribution is -0.137. The molecular formula is C23H29F3N4O4S. The Bertz CT molecular complexity index is 1100. The summed E-state index contributed by atoms with van der Waals surface area (Å²) in [6.45, 7) is 1.43. The van der Waals surface area contributed by atoms with Gasteiger partial charge in [0.25, 0.3) is 0 Å². The number of benzene rings is 1. The fourth-order valence-electron chi connectivity index (χ4n) is 4.41. The molecule has 2 aliphatic heterocycles. The second-order valence-corrected chi connectivity index (χ2v) is 11.1. The summed E-state index contributed by atoms with van der Waals surface area (Å²) < 4.78 is 65.7. The number of piperidine rings is 2. The summed E-state index contributed by atoms with van der Waals surface area (Å²) in [6.07, 6.45) is -1.78. The van der Waals surface area contributed by atoms with Crippen LogP contribution in [0.1, 0.15) is 31.2 Å².